The number of hydrogen-bond donors (Lipinski definition) is 0. The normalized spacial score (nSPS) is 20.9. The molecular weight excluding hydrogens is 258 g/mol. The predicted molar refractivity (Wildman–Crippen MR) is 70.9 cm³/mol. The molecule has 0 fully saturated rings. The van der Waals surface area contributed by atoms with Crippen LogP contribution in [0.15, 0.2) is 54.6 Å². The smallest absolute Gasteiger partial charge is 0.395 e. The fourth-order valence-electron chi connectivity index (χ4n) is 2.46. The minimum Gasteiger partial charge on any atom is -0.421 e. The highest BCUT2D eigenvalue weighted by Gasteiger charge is 2.57. The molecule has 5 heteroatoms. The molecule has 3 rings (SSSR count). The lowest BCUT2D eigenvalue weighted by Crippen LogP contribution is -2.50. The van der Waals surface area contributed by atoms with Crippen molar-refractivity contribution in [1.29, 1.82) is 0 Å². The molecule has 1 unspecified atom stereocenters. The zero-order valence-electron chi connectivity index (χ0n) is 10.5. The summed E-state index contributed by atoms with van der Waals surface area (Å²) in [7, 11) is 0. The van der Waals surface area contributed by atoms with Gasteiger partial charge in [0.15, 0.2) is 0 Å². The molecule has 2 aromatic rings. The average Bonchev–Trinajstić information content (AvgIpc) is 2.47. The fraction of sp³-hybridized carbons (Fsp3) is 0.133. The van der Waals surface area contributed by atoms with Crippen LogP contribution in [0, 0.1) is 10.1 Å². The first kappa shape index (κ1) is 12.3. The second-order valence-electron chi connectivity index (χ2n) is 4.66. The van der Waals surface area contributed by atoms with Crippen LogP contribution in [0.2, 0.25) is 0 Å². The summed E-state index contributed by atoms with van der Waals surface area (Å²) in [6.45, 7) is 0. The number of para-hydroxylation sites is 1. The summed E-state index contributed by atoms with van der Waals surface area (Å²) in [4.78, 5) is 23.3. The number of carbonyl (C=O) groups excluding carboxylic acids is 1. The van der Waals surface area contributed by atoms with Gasteiger partial charge in [0, 0.05) is 16.1 Å². The molecule has 1 atom stereocenters. The summed E-state index contributed by atoms with van der Waals surface area (Å²) in [6, 6.07) is 15.1. The summed E-state index contributed by atoms with van der Waals surface area (Å²) in [5.74, 6) is -0.446. The first-order chi connectivity index (χ1) is 9.64. The first-order valence-electron chi connectivity index (χ1n) is 6.15. The van der Waals surface area contributed by atoms with Gasteiger partial charge in [0.1, 0.15) is 5.75 Å². The van der Waals surface area contributed by atoms with E-state index >= 15 is 0 Å². The quantitative estimate of drug-likeness (QED) is 0.363. The molecule has 5 nitrogen and oxygen atoms in total. The Kier molecular flexibility index (Phi) is 2.75. The molecule has 0 radical (unpaired) electrons. The van der Waals surface area contributed by atoms with Crippen LogP contribution < -0.4 is 4.74 Å². The monoisotopic (exact) mass is 269 g/mol. The van der Waals surface area contributed by atoms with Crippen molar-refractivity contribution in [1.82, 2.24) is 0 Å². The molecule has 0 saturated carbocycles. The number of fused-ring (bicyclic) bond motifs is 1. The van der Waals surface area contributed by atoms with Crippen LogP contribution in [0.4, 0.5) is 0 Å². The molecule has 20 heavy (non-hydrogen) atoms. The molecule has 0 spiro atoms. The summed E-state index contributed by atoms with van der Waals surface area (Å²) in [5, 5.41) is 11.6. The molecular formula is C15H11NO4. The topological polar surface area (TPSA) is 69.4 Å². The van der Waals surface area contributed by atoms with Crippen molar-refractivity contribution in [2.45, 2.75) is 12.0 Å². The van der Waals surface area contributed by atoms with Crippen LogP contribution in [0.3, 0.4) is 0 Å². The maximum atomic E-state index is 12.3. The molecule has 0 aromatic heterocycles. The predicted octanol–water partition coefficient (Wildman–Crippen LogP) is 2.32. The lowest BCUT2D eigenvalue weighted by atomic mass is 9.82. The van der Waals surface area contributed by atoms with Crippen molar-refractivity contribution in [2.24, 2.45) is 0 Å². The number of rotatable bonds is 2. The van der Waals surface area contributed by atoms with E-state index in [1.54, 1.807) is 54.6 Å². The number of carbonyl (C=O) groups is 1. The van der Waals surface area contributed by atoms with E-state index in [1.807, 2.05) is 0 Å². The highest BCUT2D eigenvalue weighted by Crippen LogP contribution is 2.38. The molecule has 2 aromatic carbocycles. The second-order valence-corrected chi connectivity index (χ2v) is 4.66. The molecule has 0 saturated heterocycles. The van der Waals surface area contributed by atoms with Crippen molar-refractivity contribution in [3.8, 4) is 5.75 Å². The number of esters is 1. The number of benzene rings is 2. The summed E-state index contributed by atoms with van der Waals surface area (Å²) in [6.07, 6.45) is -0.000972. The van der Waals surface area contributed by atoms with Gasteiger partial charge in [-0.15, -0.1) is 0 Å². The average molecular weight is 269 g/mol. The number of hydrogen-bond acceptors (Lipinski definition) is 4. The molecule has 0 amide bonds. The Morgan fingerprint density at radius 3 is 2.40 bits per heavy atom. The minimum atomic E-state index is -1.87. The van der Waals surface area contributed by atoms with Crippen LogP contribution in [-0.2, 0) is 16.8 Å². The lowest BCUT2D eigenvalue weighted by molar-refractivity contribution is -0.564. The lowest BCUT2D eigenvalue weighted by Gasteiger charge is -2.28. The van der Waals surface area contributed by atoms with E-state index in [1.165, 1.54) is 0 Å². The van der Waals surface area contributed by atoms with Gasteiger partial charge in [-0.05, 0) is 6.07 Å². The van der Waals surface area contributed by atoms with Gasteiger partial charge in [-0.1, -0.05) is 48.5 Å². The molecule has 1 aliphatic rings. The van der Waals surface area contributed by atoms with E-state index in [4.69, 9.17) is 4.74 Å². The zero-order valence-corrected chi connectivity index (χ0v) is 10.5. The largest absolute Gasteiger partial charge is 0.421 e. The molecule has 0 aliphatic carbocycles. The van der Waals surface area contributed by atoms with Crippen molar-refractivity contribution in [3.05, 3.63) is 75.8 Å². The van der Waals surface area contributed by atoms with Gasteiger partial charge in [-0.3, -0.25) is 10.1 Å². The van der Waals surface area contributed by atoms with Gasteiger partial charge in [0.25, 0.3) is 0 Å². The van der Waals surface area contributed by atoms with Crippen molar-refractivity contribution >= 4 is 5.97 Å². The number of ether oxygens (including phenoxy) is 1. The maximum Gasteiger partial charge on any atom is 0.395 e. The van der Waals surface area contributed by atoms with Crippen molar-refractivity contribution in [3.63, 3.8) is 0 Å². The van der Waals surface area contributed by atoms with E-state index in [2.05, 4.69) is 0 Å². The van der Waals surface area contributed by atoms with Gasteiger partial charge in [0.2, 0.25) is 0 Å². The minimum absolute atomic E-state index is 0.000972. The van der Waals surface area contributed by atoms with Crippen LogP contribution in [0.1, 0.15) is 11.1 Å². The Hall–Kier alpha value is -2.69. The standard InChI is InChI=1S/C15H11NO4/c17-14-15(16(18)19,12-7-2-1-3-8-12)10-11-6-4-5-9-13(11)20-14/h1-9H,10H2. The highest BCUT2D eigenvalue weighted by atomic mass is 16.6. The summed E-state index contributed by atoms with van der Waals surface area (Å²) < 4.78 is 5.18. The van der Waals surface area contributed by atoms with E-state index < -0.39 is 16.4 Å². The van der Waals surface area contributed by atoms with Crippen LogP contribution in [0.25, 0.3) is 0 Å². The van der Waals surface area contributed by atoms with Gasteiger partial charge in [0.05, 0.1) is 6.42 Å². The van der Waals surface area contributed by atoms with Crippen molar-refractivity contribution < 1.29 is 14.5 Å². The molecule has 1 heterocycles. The van der Waals surface area contributed by atoms with E-state index in [0.717, 1.165) is 0 Å². The Bertz CT molecular complexity index is 683. The fourth-order valence-corrected chi connectivity index (χ4v) is 2.46. The Morgan fingerprint density at radius 2 is 1.70 bits per heavy atom. The Morgan fingerprint density at radius 1 is 1.05 bits per heavy atom. The SMILES string of the molecule is O=C1Oc2ccccc2CC1(c1ccccc1)[N+](=O)[O-]. The van der Waals surface area contributed by atoms with E-state index in [0.29, 0.717) is 16.9 Å². The van der Waals surface area contributed by atoms with Gasteiger partial charge < -0.3 is 4.74 Å². The van der Waals surface area contributed by atoms with Gasteiger partial charge in [-0.25, -0.2) is 4.79 Å². The number of nitrogens with zero attached hydrogens (tertiary/aromatic N) is 1. The van der Waals surface area contributed by atoms with Gasteiger partial charge >= 0.3 is 11.5 Å². The molecule has 1 aliphatic heterocycles. The van der Waals surface area contributed by atoms with Gasteiger partial charge in [-0.2, -0.15) is 0 Å². The third-order valence-corrected chi connectivity index (χ3v) is 3.52. The summed E-state index contributed by atoms with van der Waals surface area (Å²) in [5.41, 5.74) is -0.868. The van der Waals surface area contributed by atoms with Crippen LogP contribution in [0.5, 0.6) is 5.75 Å². The Balaban J connectivity index is 2.18. The zero-order chi connectivity index (χ0) is 14.2. The van der Waals surface area contributed by atoms with E-state index in [-0.39, 0.29) is 6.42 Å². The van der Waals surface area contributed by atoms with Crippen LogP contribution in [-0.4, -0.2) is 10.9 Å². The number of nitro groups is 1. The molecule has 0 N–H and O–H groups in total. The van der Waals surface area contributed by atoms with E-state index in [9.17, 15) is 14.9 Å². The maximum absolute atomic E-state index is 12.3. The second kappa shape index (κ2) is 4.45. The first-order valence-corrected chi connectivity index (χ1v) is 6.15. The molecule has 0 bridgehead atoms. The third-order valence-electron chi connectivity index (χ3n) is 3.52. The molecule has 100 valence electrons. The third kappa shape index (κ3) is 1.67. The summed E-state index contributed by atoms with van der Waals surface area (Å²) >= 11 is 0. The van der Waals surface area contributed by atoms with Crippen molar-refractivity contribution in [2.75, 3.05) is 0 Å². The highest BCUT2D eigenvalue weighted by molar-refractivity contribution is 5.85. The van der Waals surface area contributed by atoms with Crippen LogP contribution >= 0.6 is 0 Å². The Labute approximate surface area is 115 Å².